The summed E-state index contributed by atoms with van der Waals surface area (Å²) in [6.45, 7) is 2.86. The molecule has 0 radical (unpaired) electrons. The van der Waals surface area contributed by atoms with Gasteiger partial charge in [-0.2, -0.15) is 0 Å². The first-order chi connectivity index (χ1) is 13.3. The Bertz CT molecular complexity index is 947. The lowest BCUT2D eigenvalue weighted by molar-refractivity contribution is 0.280. The van der Waals surface area contributed by atoms with E-state index in [2.05, 4.69) is 16.9 Å². The van der Waals surface area contributed by atoms with Crippen LogP contribution in [0.3, 0.4) is 0 Å². The Morgan fingerprint density at radius 2 is 1.81 bits per heavy atom. The first-order valence-electron chi connectivity index (χ1n) is 9.83. The summed E-state index contributed by atoms with van der Waals surface area (Å²) < 4.78 is 6.17. The van der Waals surface area contributed by atoms with E-state index < -0.39 is 0 Å². The molecule has 2 N–H and O–H groups in total. The quantitative estimate of drug-likeness (QED) is 0.659. The van der Waals surface area contributed by atoms with Crippen molar-refractivity contribution in [1.29, 1.82) is 0 Å². The predicted octanol–water partition coefficient (Wildman–Crippen LogP) is 2.39. The van der Waals surface area contributed by atoms with Gasteiger partial charge in [0, 0.05) is 18.8 Å². The van der Waals surface area contributed by atoms with Gasteiger partial charge in [-0.05, 0) is 43.2 Å². The van der Waals surface area contributed by atoms with Gasteiger partial charge in [-0.1, -0.05) is 13.3 Å². The second-order valence-electron chi connectivity index (χ2n) is 7.06. The molecular weight excluding hydrogens is 344 g/mol. The number of anilines is 1. The number of aromatic nitrogens is 3. The minimum atomic E-state index is -0.0278. The molecule has 7 nitrogen and oxygen atoms in total. The largest absolute Gasteiger partial charge is 0.432 e. The summed E-state index contributed by atoms with van der Waals surface area (Å²) in [5.41, 5.74) is 5.85. The predicted molar refractivity (Wildman–Crippen MR) is 104 cm³/mol. The van der Waals surface area contributed by atoms with E-state index in [0.717, 1.165) is 42.3 Å². The molecule has 0 aromatic carbocycles. The maximum absolute atomic E-state index is 9.38. The van der Waals surface area contributed by atoms with Gasteiger partial charge in [-0.3, -0.25) is 0 Å². The van der Waals surface area contributed by atoms with Gasteiger partial charge >= 0.3 is 0 Å². The minimum absolute atomic E-state index is 0.0278. The molecule has 3 heterocycles. The van der Waals surface area contributed by atoms with Crippen LogP contribution in [0.2, 0.25) is 0 Å². The average Bonchev–Trinajstić information content (AvgIpc) is 3.07. The molecule has 0 saturated carbocycles. The van der Waals surface area contributed by atoms with Crippen LogP contribution in [0.4, 0.5) is 5.82 Å². The van der Waals surface area contributed by atoms with Gasteiger partial charge in [-0.15, -0.1) is 0 Å². The SMILES string of the molecule is CCCc1nc2oc3c(N(CCO)CCO)ncnc3c2c2c1CCCC2. The third kappa shape index (κ3) is 3.15. The second-order valence-corrected chi connectivity index (χ2v) is 7.06. The zero-order valence-electron chi connectivity index (χ0n) is 15.7. The van der Waals surface area contributed by atoms with Crippen LogP contribution in [0.1, 0.15) is 43.0 Å². The van der Waals surface area contributed by atoms with Crippen molar-refractivity contribution < 1.29 is 14.6 Å². The van der Waals surface area contributed by atoms with Crippen LogP contribution in [0.25, 0.3) is 22.2 Å². The van der Waals surface area contributed by atoms with Crippen LogP contribution >= 0.6 is 0 Å². The van der Waals surface area contributed by atoms with Gasteiger partial charge in [-0.25, -0.2) is 15.0 Å². The van der Waals surface area contributed by atoms with Gasteiger partial charge < -0.3 is 19.5 Å². The van der Waals surface area contributed by atoms with Crippen LogP contribution in [0.15, 0.2) is 10.7 Å². The van der Waals surface area contributed by atoms with Crippen molar-refractivity contribution in [3.05, 3.63) is 23.1 Å². The summed E-state index contributed by atoms with van der Waals surface area (Å²) in [4.78, 5) is 15.6. The van der Waals surface area contributed by atoms with Crippen molar-refractivity contribution in [2.45, 2.75) is 45.4 Å². The van der Waals surface area contributed by atoms with Crippen molar-refractivity contribution in [2.75, 3.05) is 31.2 Å². The van der Waals surface area contributed by atoms with E-state index in [9.17, 15) is 10.2 Å². The van der Waals surface area contributed by atoms with Gasteiger partial charge in [0.05, 0.1) is 18.6 Å². The molecule has 0 spiro atoms. The lowest BCUT2D eigenvalue weighted by Gasteiger charge is -2.21. The third-order valence-corrected chi connectivity index (χ3v) is 5.32. The van der Waals surface area contributed by atoms with Crippen molar-refractivity contribution in [1.82, 2.24) is 15.0 Å². The number of furan rings is 1. The zero-order chi connectivity index (χ0) is 18.8. The topological polar surface area (TPSA) is 95.5 Å². The maximum Gasteiger partial charge on any atom is 0.229 e. The molecule has 0 atom stereocenters. The first-order valence-corrected chi connectivity index (χ1v) is 9.83. The van der Waals surface area contributed by atoms with Gasteiger partial charge in [0.25, 0.3) is 0 Å². The summed E-state index contributed by atoms with van der Waals surface area (Å²) in [6.07, 6.45) is 8.00. The van der Waals surface area contributed by atoms with Crippen LogP contribution < -0.4 is 4.90 Å². The number of aryl methyl sites for hydroxylation is 2. The third-order valence-electron chi connectivity index (χ3n) is 5.32. The maximum atomic E-state index is 9.38. The summed E-state index contributed by atoms with van der Waals surface area (Å²) in [5, 5.41) is 19.8. The molecule has 4 rings (SSSR count). The summed E-state index contributed by atoms with van der Waals surface area (Å²) in [6, 6.07) is 0. The van der Waals surface area contributed by atoms with E-state index in [-0.39, 0.29) is 13.2 Å². The Hall–Kier alpha value is -2.25. The Morgan fingerprint density at radius 1 is 1.07 bits per heavy atom. The van der Waals surface area contributed by atoms with E-state index in [0.29, 0.717) is 30.2 Å². The molecule has 0 saturated heterocycles. The Kier molecular flexibility index (Phi) is 5.22. The molecule has 0 bridgehead atoms. The van der Waals surface area contributed by atoms with Gasteiger partial charge in [0.15, 0.2) is 11.4 Å². The molecule has 0 fully saturated rings. The molecule has 1 aliphatic carbocycles. The fraction of sp³-hybridized carbons (Fsp3) is 0.550. The van der Waals surface area contributed by atoms with E-state index in [4.69, 9.17) is 9.40 Å². The molecule has 3 aromatic heterocycles. The molecule has 7 heteroatoms. The highest BCUT2D eigenvalue weighted by Gasteiger charge is 2.25. The highest BCUT2D eigenvalue weighted by atomic mass is 16.3. The van der Waals surface area contributed by atoms with Crippen LogP contribution in [0.5, 0.6) is 0 Å². The second kappa shape index (κ2) is 7.78. The molecule has 0 unspecified atom stereocenters. The van der Waals surface area contributed by atoms with Gasteiger partial charge in [0.2, 0.25) is 5.71 Å². The van der Waals surface area contributed by atoms with E-state index in [1.807, 2.05) is 4.90 Å². The number of fused-ring (bicyclic) bond motifs is 5. The van der Waals surface area contributed by atoms with E-state index in [1.165, 1.54) is 30.3 Å². The average molecular weight is 370 g/mol. The Labute approximate surface area is 158 Å². The van der Waals surface area contributed by atoms with Crippen LogP contribution in [0, 0.1) is 0 Å². The number of aliphatic hydroxyl groups is 2. The molecule has 1 aliphatic rings. The number of rotatable bonds is 7. The Morgan fingerprint density at radius 3 is 2.52 bits per heavy atom. The molecule has 144 valence electrons. The summed E-state index contributed by atoms with van der Waals surface area (Å²) >= 11 is 0. The van der Waals surface area contributed by atoms with Crippen molar-refractivity contribution >= 4 is 28.0 Å². The Balaban J connectivity index is 1.96. The van der Waals surface area contributed by atoms with Gasteiger partial charge in [0.1, 0.15) is 11.8 Å². The molecule has 27 heavy (non-hydrogen) atoms. The highest BCUT2D eigenvalue weighted by molar-refractivity contribution is 6.06. The summed E-state index contributed by atoms with van der Waals surface area (Å²) in [5.74, 6) is 0.600. The highest BCUT2D eigenvalue weighted by Crippen LogP contribution is 2.38. The van der Waals surface area contributed by atoms with Crippen molar-refractivity contribution in [2.24, 2.45) is 0 Å². The van der Waals surface area contributed by atoms with Crippen LogP contribution in [-0.2, 0) is 19.3 Å². The fourth-order valence-corrected chi connectivity index (χ4v) is 4.16. The fourth-order valence-electron chi connectivity index (χ4n) is 4.16. The molecule has 0 aliphatic heterocycles. The van der Waals surface area contributed by atoms with Crippen molar-refractivity contribution in [3.63, 3.8) is 0 Å². The summed E-state index contributed by atoms with van der Waals surface area (Å²) in [7, 11) is 0. The number of pyridine rings is 1. The monoisotopic (exact) mass is 370 g/mol. The van der Waals surface area contributed by atoms with Crippen LogP contribution in [-0.4, -0.2) is 51.5 Å². The zero-order valence-corrected chi connectivity index (χ0v) is 15.7. The number of hydrogen-bond donors (Lipinski definition) is 2. The van der Waals surface area contributed by atoms with E-state index in [1.54, 1.807) is 0 Å². The molecule has 0 amide bonds. The standard InChI is InChI=1S/C20H26N4O3/c1-2-5-15-13-6-3-4-7-14(13)16-17-18(27-20(16)23-15)19(22-12-21-17)24(8-10-25)9-11-26/h12,25-26H,2-11H2,1H3. The first kappa shape index (κ1) is 18.1. The van der Waals surface area contributed by atoms with E-state index >= 15 is 0 Å². The molecule has 3 aromatic rings. The minimum Gasteiger partial charge on any atom is -0.432 e. The lowest BCUT2D eigenvalue weighted by atomic mass is 9.88. The number of aliphatic hydroxyl groups excluding tert-OH is 2. The number of nitrogens with zero attached hydrogens (tertiary/aromatic N) is 4. The normalized spacial score (nSPS) is 14.0. The van der Waals surface area contributed by atoms with Crippen molar-refractivity contribution in [3.8, 4) is 0 Å². The smallest absolute Gasteiger partial charge is 0.229 e. The lowest BCUT2D eigenvalue weighted by Crippen LogP contribution is -2.30. The number of hydrogen-bond acceptors (Lipinski definition) is 7. The molecular formula is C20H26N4O3.